The molecule has 0 fully saturated rings. The van der Waals surface area contributed by atoms with Crippen LogP contribution in [-0.2, 0) is 12.2 Å². The van der Waals surface area contributed by atoms with Crippen molar-refractivity contribution < 1.29 is 4.39 Å². The van der Waals surface area contributed by atoms with Gasteiger partial charge in [0.1, 0.15) is 12.1 Å². The quantitative estimate of drug-likeness (QED) is 0.273. The van der Waals surface area contributed by atoms with E-state index in [0.717, 1.165) is 57.8 Å². The van der Waals surface area contributed by atoms with Gasteiger partial charge in [-0.05, 0) is 67.6 Å². The molecule has 5 rings (SSSR count). The molecular formula is C25H21Cl2FN4S. The van der Waals surface area contributed by atoms with E-state index in [1.54, 1.807) is 30.1 Å². The van der Waals surface area contributed by atoms with Crippen LogP contribution in [0.3, 0.4) is 0 Å². The highest BCUT2D eigenvalue weighted by Crippen LogP contribution is 2.41. The lowest BCUT2D eigenvalue weighted by molar-refractivity contribution is 0.586. The zero-order chi connectivity index (χ0) is 22.9. The largest absolute Gasteiger partial charge is 0.291 e. The summed E-state index contributed by atoms with van der Waals surface area (Å²) in [6, 6.07) is 12.8. The van der Waals surface area contributed by atoms with E-state index in [-0.39, 0.29) is 11.7 Å². The molecule has 2 heterocycles. The molecule has 0 spiro atoms. The lowest BCUT2D eigenvalue weighted by atomic mass is 9.83. The lowest BCUT2D eigenvalue weighted by Gasteiger charge is -2.25. The number of thioether (sulfide) groups is 1. The Morgan fingerprint density at radius 3 is 2.70 bits per heavy atom. The van der Waals surface area contributed by atoms with E-state index >= 15 is 0 Å². The van der Waals surface area contributed by atoms with Gasteiger partial charge in [0.2, 0.25) is 0 Å². The van der Waals surface area contributed by atoms with Gasteiger partial charge in [-0.25, -0.2) is 19.3 Å². The van der Waals surface area contributed by atoms with Crippen LogP contribution in [0.4, 0.5) is 4.39 Å². The van der Waals surface area contributed by atoms with Crippen molar-refractivity contribution in [3.8, 4) is 5.69 Å². The predicted octanol–water partition coefficient (Wildman–Crippen LogP) is 7.18. The molecule has 2 aromatic heterocycles. The van der Waals surface area contributed by atoms with E-state index in [0.29, 0.717) is 10.8 Å². The van der Waals surface area contributed by atoms with E-state index in [9.17, 15) is 4.39 Å². The van der Waals surface area contributed by atoms with Crippen LogP contribution in [0.2, 0.25) is 10.0 Å². The zero-order valence-corrected chi connectivity index (χ0v) is 20.3. The number of aromatic nitrogens is 4. The van der Waals surface area contributed by atoms with Crippen LogP contribution < -0.4 is 0 Å². The highest BCUT2D eigenvalue weighted by atomic mass is 35.5. The lowest BCUT2D eigenvalue weighted by Crippen LogP contribution is -2.15. The molecule has 4 nitrogen and oxygen atoms in total. The summed E-state index contributed by atoms with van der Waals surface area (Å²) in [7, 11) is 0. The van der Waals surface area contributed by atoms with Crippen LogP contribution in [0.5, 0.6) is 0 Å². The van der Waals surface area contributed by atoms with Crippen molar-refractivity contribution >= 4 is 35.0 Å². The Balaban J connectivity index is 1.61. The summed E-state index contributed by atoms with van der Waals surface area (Å²) >= 11 is 14.2. The van der Waals surface area contributed by atoms with Crippen LogP contribution in [-0.4, -0.2) is 19.5 Å². The highest BCUT2D eigenvalue weighted by Gasteiger charge is 2.30. The van der Waals surface area contributed by atoms with Gasteiger partial charge in [0, 0.05) is 28.6 Å². The van der Waals surface area contributed by atoms with Crippen LogP contribution in [0.15, 0.2) is 60.1 Å². The standard InChI is InChI=1S/C25H21Cl2FN4S/c1-15-11-16(5-10-20(15)26)19-3-2-4-22-24(19)32(18-8-6-17(28)7-9-18)25(31-22)33-13-23-21(27)12-29-14-30-23/h5-12,14,19H,2-4,13H2,1H3. The van der Waals surface area contributed by atoms with Gasteiger partial charge in [-0.2, -0.15) is 0 Å². The van der Waals surface area contributed by atoms with E-state index in [4.69, 9.17) is 28.2 Å². The van der Waals surface area contributed by atoms with Gasteiger partial charge in [-0.15, -0.1) is 0 Å². The van der Waals surface area contributed by atoms with Crippen molar-refractivity contribution in [2.45, 2.75) is 43.0 Å². The minimum absolute atomic E-state index is 0.180. The summed E-state index contributed by atoms with van der Waals surface area (Å²) < 4.78 is 15.9. The number of fused-ring (bicyclic) bond motifs is 1. The Kier molecular flexibility index (Phi) is 6.41. The Morgan fingerprint density at radius 1 is 1.12 bits per heavy atom. The van der Waals surface area contributed by atoms with Gasteiger partial charge < -0.3 is 0 Å². The average Bonchev–Trinajstić information content (AvgIpc) is 3.19. The number of halogens is 3. The molecule has 8 heteroatoms. The molecule has 2 aromatic carbocycles. The Morgan fingerprint density at radius 2 is 1.94 bits per heavy atom. The van der Waals surface area contributed by atoms with Crippen molar-refractivity contribution in [2.24, 2.45) is 0 Å². The summed E-state index contributed by atoms with van der Waals surface area (Å²) in [4.78, 5) is 13.3. The first-order valence-corrected chi connectivity index (χ1v) is 12.5. The molecule has 0 bridgehead atoms. The number of rotatable bonds is 5. The fourth-order valence-electron chi connectivity index (χ4n) is 4.33. The maximum Gasteiger partial charge on any atom is 0.173 e. The monoisotopic (exact) mass is 498 g/mol. The molecule has 168 valence electrons. The maximum atomic E-state index is 13.7. The molecule has 0 radical (unpaired) electrons. The van der Waals surface area contributed by atoms with Gasteiger partial charge in [-0.3, -0.25) is 4.57 Å². The van der Waals surface area contributed by atoms with Crippen molar-refractivity contribution in [2.75, 3.05) is 0 Å². The second kappa shape index (κ2) is 9.45. The third kappa shape index (κ3) is 4.52. The second-order valence-electron chi connectivity index (χ2n) is 8.10. The number of nitrogens with zero attached hydrogens (tertiary/aromatic N) is 4. The minimum Gasteiger partial charge on any atom is -0.291 e. The van der Waals surface area contributed by atoms with Gasteiger partial charge in [0.25, 0.3) is 0 Å². The summed E-state index contributed by atoms with van der Waals surface area (Å²) in [5.74, 6) is 0.474. The van der Waals surface area contributed by atoms with Crippen LogP contribution in [0.1, 0.15) is 47.0 Å². The SMILES string of the molecule is Cc1cc(C2CCCc3nc(SCc4ncncc4Cl)n(-c4ccc(F)cc4)c32)ccc1Cl. The first-order chi connectivity index (χ1) is 16.0. The number of benzene rings is 2. The van der Waals surface area contributed by atoms with Crippen molar-refractivity contribution in [1.82, 2.24) is 19.5 Å². The molecule has 1 aliphatic carbocycles. The van der Waals surface area contributed by atoms with Gasteiger partial charge in [0.05, 0.1) is 22.1 Å². The average molecular weight is 499 g/mol. The zero-order valence-electron chi connectivity index (χ0n) is 17.9. The van der Waals surface area contributed by atoms with Crippen LogP contribution in [0.25, 0.3) is 5.69 Å². The van der Waals surface area contributed by atoms with E-state index in [1.807, 2.05) is 13.0 Å². The summed E-state index contributed by atoms with van der Waals surface area (Å²) in [6.07, 6.45) is 6.08. The summed E-state index contributed by atoms with van der Waals surface area (Å²) in [5, 5.41) is 2.14. The minimum atomic E-state index is -0.264. The molecule has 0 saturated heterocycles. The first-order valence-electron chi connectivity index (χ1n) is 10.7. The number of hydrogen-bond acceptors (Lipinski definition) is 4. The molecule has 0 aliphatic heterocycles. The Bertz CT molecular complexity index is 1310. The third-order valence-corrected chi connectivity index (χ3v) is 7.64. The molecule has 1 atom stereocenters. The highest BCUT2D eigenvalue weighted by molar-refractivity contribution is 7.98. The van der Waals surface area contributed by atoms with Crippen molar-refractivity contribution in [3.05, 3.63) is 99.1 Å². The van der Waals surface area contributed by atoms with Gasteiger partial charge in [-0.1, -0.05) is 47.1 Å². The number of imidazole rings is 1. The van der Waals surface area contributed by atoms with E-state index < -0.39 is 0 Å². The van der Waals surface area contributed by atoms with E-state index in [1.165, 1.54) is 24.0 Å². The molecule has 33 heavy (non-hydrogen) atoms. The molecule has 1 aliphatic rings. The number of hydrogen-bond donors (Lipinski definition) is 0. The normalized spacial score (nSPS) is 15.5. The van der Waals surface area contributed by atoms with E-state index in [2.05, 4.69) is 26.7 Å². The molecule has 0 saturated carbocycles. The fraction of sp³-hybridized carbons (Fsp3) is 0.240. The van der Waals surface area contributed by atoms with Crippen LogP contribution in [0, 0.1) is 12.7 Å². The fourth-order valence-corrected chi connectivity index (χ4v) is 5.70. The summed E-state index contributed by atoms with van der Waals surface area (Å²) in [6.45, 7) is 2.03. The molecule has 1 unspecified atom stereocenters. The Hall–Kier alpha value is -2.41. The van der Waals surface area contributed by atoms with Crippen molar-refractivity contribution in [3.63, 3.8) is 0 Å². The molecule has 0 N–H and O–H groups in total. The first kappa shape index (κ1) is 22.4. The second-order valence-corrected chi connectivity index (χ2v) is 9.85. The topological polar surface area (TPSA) is 43.6 Å². The molecular weight excluding hydrogens is 478 g/mol. The number of aryl methyl sites for hydroxylation is 2. The Labute approximate surface area is 206 Å². The van der Waals surface area contributed by atoms with Gasteiger partial charge >= 0.3 is 0 Å². The van der Waals surface area contributed by atoms with Crippen LogP contribution >= 0.6 is 35.0 Å². The smallest absolute Gasteiger partial charge is 0.173 e. The maximum absolute atomic E-state index is 13.7. The molecule has 4 aromatic rings. The molecule has 0 amide bonds. The third-order valence-electron chi connectivity index (χ3n) is 5.95. The van der Waals surface area contributed by atoms with Gasteiger partial charge in [0.15, 0.2) is 5.16 Å². The predicted molar refractivity (Wildman–Crippen MR) is 131 cm³/mol. The van der Waals surface area contributed by atoms with Crippen molar-refractivity contribution in [1.29, 1.82) is 0 Å². The summed E-state index contributed by atoms with van der Waals surface area (Å²) in [5.41, 5.74) is 6.16.